The van der Waals surface area contributed by atoms with Crippen molar-refractivity contribution in [1.29, 1.82) is 0 Å². The van der Waals surface area contributed by atoms with Crippen LogP contribution in [0.3, 0.4) is 0 Å². The van der Waals surface area contributed by atoms with Gasteiger partial charge in [-0.25, -0.2) is 23.9 Å². The standard InChI is InChI=1S/C27H28N4O9/c1-38-23(32)13-22(25(34)35)29-24(33)21(30-26(36)39-15-18-8-4-2-5-9-18)12-20-14-28-17-31(20)27(37)40-16-19-10-6-3-7-11-19/h2-11,14,17,21-22H,12-13,15-16H2,1H3,(H,29,33)(H,30,36)(H,34,35). The number of imidazole rings is 1. The lowest BCUT2D eigenvalue weighted by atomic mass is 10.1. The summed E-state index contributed by atoms with van der Waals surface area (Å²) >= 11 is 0. The number of hydrogen-bond donors (Lipinski definition) is 3. The first-order chi connectivity index (χ1) is 19.3. The van der Waals surface area contributed by atoms with Crippen molar-refractivity contribution in [3.8, 4) is 0 Å². The molecule has 3 aromatic rings. The lowest BCUT2D eigenvalue weighted by Crippen LogP contribution is -2.53. The van der Waals surface area contributed by atoms with Crippen LogP contribution in [0.1, 0.15) is 23.2 Å². The number of nitrogens with zero attached hydrogens (tertiary/aromatic N) is 2. The third-order valence-electron chi connectivity index (χ3n) is 5.56. The van der Waals surface area contributed by atoms with Gasteiger partial charge in [0.05, 0.1) is 19.2 Å². The minimum absolute atomic E-state index is 0.0148. The van der Waals surface area contributed by atoms with Crippen molar-refractivity contribution in [2.24, 2.45) is 0 Å². The van der Waals surface area contributed by atoms with Gasteiger partial charge in [-0.15, -0.1) is 0 Å². The molecule has 0 aliphatic heterocycles. The second-order valence-electron chi connectivity index (χ2n) is 8.44. The Morgan fingerprint density at radius 2 is 1.48 bits per heavy atom. The van der Waals surface area contributed by atoms with Crippen LogP contribution in [0.5, 0.6) is 0 Å². The highest BCUT2D eigenvalue weighted by atomic mass is 16.6. The summed E-state index contributed by atoms with van der Waals surface area (Å²) in [4.78, 5) is 65.6. The monoisotopic (exact) mass is 552 g/mol. The molecule has 1 heterocycles. The molecule has 0 fully saturated rings. The first-order valence-corrected chi connectivity index (χ1v) is 12.1. The number of ether oxygens (including phenoxy) is 3. The minimum Gasteiger partial charge on any atom is -0.480 e. The van der Waals surface area contributed by atoms with E-state index in [0.717, 1.165) is 17.2 Å². The number of carbonyl (C=O) groups excluding carboxylic acids is 4. The molecule has 0 radical (unpaired) electrons. The van der Waals surface area contributed by atoms with Crippen molar-refractivity contribution >= 4 is 30.0 Å². The first-order valence-electron chi connectivity index (χ1n) is 12.1. The Kier molecular flexibility index (Phi) is 10.8. The predicted molar refractivity (Wildman–Crippen MR) is 138 cm³/mol. The Balaban J connectivity index is 1.74. The van der Waals surface area contributed by atoms with Gasteiger partial charge in [0.1, 0.15) is 31.6 Å². The number of alkyl carbamates (subject to hydrolysis) is 1. The number of carboxylic acids is 1. The highest BCUT2D eigenvalue weighted by molar-refractivity contribution is 5.91. The predicted octanol–water partition coefficient (Wildman–Crippen LogP) is 2.04. The summed E-state index contributed by atoms with van der Waals surface area (Å²) in [5, 5.41) is 14.1. The number of rotatable bonds is 12. The molecule has 13 nitrogen and oxygen atoms in total. The summed E-state index contributed by atoms with van der Waals surface area (Å²) in [5.74, 6) is -3.30. The molecule has 40 heavy (non-hydrogen) atoms. The average Bonchev–Trinajstić information content (AvgIpc) is 3.43. The van der Waals surface area contributed by atoms with Gasteiger partial charge < -0.3 is 30.0 Å². The molecular formula is C27H28N4O9. The van der Waals surface area contributed by atoms with Crippen molar-refractivity contribution in [3.05, 3.63) is 90.0 Å². The zero-order valence-electron chi connectivity index (χ0n) is 21.5. The number of aliphatic carboxylic acids is 1. The van der Waals surface area contributed by atoms with E-state index < -0.39 is 48.5 Å². The van der Waals surface area contributed by atoms with E-state index >= 15 is 0 Å². The van der Waals surface area contributed by atoms with E-state index in [0.29, 0.717) is 5.56 Å². The van der Waals surface area contributed by atoms with Crippen LogP contribution in [0.2, 0.25) is 0 Å². The third-order valence-corrected chi connectivity index (χ3v) is 5.56. The van der Waals surface area contributed by atoms with Gasteiger partial charge in [-0.2, -0.15) is 0 Å². The Morgan fingerprint density at radius 1 is 0.875 bits per heavy atom. The van der Waals surface area contributed by atoms with Crippen molar-refractivity contribution in [2.45, 2.75) is 38.1 Å². The number of hydrogen-bond acceptors (Lipinski definition) is 9. The zero-order chi connectivity index (χ0) is 28.9. The summed E-state index contributed by atoms with van der Waals surface area (Å²) in [6.07, 6.45) is -0.214. The van der Waals surface area contributed by atoms with Gasteiger partial charge in [0.15, 0.2) is 0 Å². The normalized spacial score (nSPS) is 11.9. The number of methoxy groups -OCH3 is 1. The minimum atomic E-state index is -1.63. The van der Waals surface area contributed by atoms with E-state index in [-0.39, 0.29) is 25.3 Å². The summed E-state index contributed by atoms with van der Waals surface area (Å²) < 4.78 is 16.1. The Bertz CT molecular complexity index is 1310. The molecule has 0 aliphatic carbocycles. The Labute approximate surface area is 229 Å². The van der Waals surface area contributed by atoms with Gasteiger partial charge >= 0.3 is 24.1 Å². The van der Waals surface area contributed by atoms with E-state index in [4.69, 9.17) is 9.47 Å². The van der Waals surface area contributed by atoms with Crippen LogP contribution in [0, 0.1) is 0 Å². The van der Waals surface area contributed by atoms with Gasteiger partial charge in [0, 0.05) is 12.6 Å². The van der Waals surface area contributed by atoms with Crippen LogP contribution in [0.25, 0.3) is 0 Å². The van der Waals surface area contributed by atoms with Crippen molar-refractivity contribution in [2.75, 3.05) is 7.11 Å². The van der Waals surface area contributed by atoms with Crippen molar-refractivity contribution in [3.63, 3.8) is 0 Å². The topological polar surface area (TPSA) is 175 Å². The maximum absolute atomic E-state index is 13.1. The zero-order valence-corrected chi connectivity index (χ0v) is 21.5. The lowest BCUT2D eigenvalue weighted by Gasteiger charge is -2.21. The Morgan fingerprint density at radius 3 is 2.05 bits per heavy atom. The van der Waals surface area contributed by atoms with Crippen molar-refractivity contribution < 1.29 is 43.3 Å². The molecule has 0 saturated carbocycles. The molecule has 0 aliphatic rings. The second kappa shape index (κ2) is 14.7. The second-order valence-corrected chi connectivity index (χ2v) is 8.44. The number of aromatic nitrogens is 2. The average molecular weight is 553 g/mol. The van der Waals surface area contributed by atoms with Gasteiger partial charge in [0.2, 0.25) is 5.91 Å². The summed E-state index contributed by atoms with van der Waals surface area (Å²) in [7, 11) is 1.08. The van der Waals surface area contributed by atoms with Crippen LogP contribution < -0.4 is 10.6 Å². The highest BCUT2D eigenvalue weighted by Crippen LogP contribution is 2.09. The van der Waals surface area contributed by atoms with Crippen LogP contribution in [0.15, 0.2) is 73.2 Å². The van der Waals surface area contributed by atoms with Gasteiger partial charge in [0.25, 0.3) is 0 Å². The molecule has 2 amide bonds. The van der Waals surface area contributed by atoms with Gasteiger partial charge in [-0.3, -0.25) is 9.59 Å². The summed E-state index contributed by atoms with van der Waals surface area (Å²) in [5.41, 5.74) is 1.63. The number of nitrogens with one attached hydrogen (secondary N) is 2. The Hall–Kier alpha value is -5.20. The number of carbonyl (C=O) groups is 5. The van der Waals surface area contributed by atoms with Crippen molar-refractivity contribution in [1.82, 2.24) is 20.2 Å². The number of benzene rings is 2. The molecule has 210 valence electrons. The number of carboxylic acid groups (broad SMARTS) is 1. The van der Waals surface area contributed by atoms with E-state index in [2.05, 4.69) is 20.4 Å². The van der Waals surface area contributed by atoms with Gasteiger partial charge in [-0.05, 0) is 11.1 Å². The number of amides is 2. The summed E-state index contributed by atoms with van der Waals surface area (Å²) in [6, 6.07) is 14.7. The quantitative estimate of drug-likeness (QED) is 0.223. The first kappa shape index (κ1) is 29.4. The fraction of sp³-hybridized carbons (Fsp3) is 0.259. The molecule has 2 atom stereocenters. The van der Waals surface area contributed by atoms with Crippen LogP contribution in [-0.4, -0.2) is 63.9 Å². The van der Waals surface area contributed by atoms with Gasteiger partial charge in [-0.1, -0.05) is 60.7 Å². The van der Waals surface area contributed by atoms with E-state index in [1.54, 1.807) is 54.6 Å². The molecule has 0 bridgehead atoms. The largest absolute Gasteiger partial charge is 0.480 e. The molecule has 0 spiro atoms. The summed E-state index contributed by atoms with van der Waals surface area (Å²) in [6.45, 7) is -0.107. The van der Waals surface area contributed by atoms with E-state index in [9.17, 15) is 29.1 Å². The SMILES string of the molecule is COC(=O)CC(NC(=O)C(Cc1cncn1C(=O)OCc1ccccc1)NC(=O)OCc1ccccc1)C(=O)O. The smallest absolute Gasteiger partial charge is 0.419 e. The maximum atomic E-state index is 13.1. The molecule has 1 aromatic heterocycles. The van der Waals surface area contributed by atoms with Crippen LogP contribution in [-0.2, 0) is 48.2 Å². The molecule has 0 saturated heterocycles. The molecule has 2 aromatic carbocycles. The fourth-order valence-electron chi connectivity index (χ4n) is 3.47. The fourth-order valence-corrected chi connectivity index (χ4v) is 3.47. The molecule has 2 unspecified atom stereocenters. The number of esters is 1. The lowest BCUT2D eigenvalue weighted by molar-refractivity contribution is -0.148. The van der Waals surface area contributed by atoms with Crippen LogP contribution >= 0.6 is 0 Å². The molecular weight excluding hydrogens is 524 g/mol. The molecule has 3 rings (SSSR count). The molecule has 3 N–H and O–H groups in total. The van der Waals surface area contributed by atoms with E-state index in [1.165, 1.54) is 12.5 Å². The highest BCUT2D eigenvalue weighted by Gasteiger charge is 2.30. The van der Waals surface area contributed by atoms with Crippen LogP contribution in [0.4, 0.5) is 9.59 Å². The third kappa shape index (κ3) is 8.97. The molecule has 13 heteroatoms. The maximum Gasteiger partial charge on any atom is 0.419 e. The van der Waals surface area contributed by atoms with E-state index in [1.807, 2.05) is 6.07 Å².